The molecule has 2 N–H and O–H groups in total. The number of fused-ring (bicyclic) bond motifs is 2. The van der Waals surface area contributed by atoms with E-state index in [2.05, 4.69) is 5.32 Å². The van der Waals surface area contributed by atoms with Gasteiger partial charge in [0, 0.05) is 0 Å². The normalized spacial score (nSPS) is 34.4. The van der Waals surface area contributed by atoms with Crippen molar-refractivity contribution in [1.29, 1.82) is 0 Å². The molecule has 0 aromatic heterocycles. The highest BCUT2D eigenvalue weighted by atomic mass is 16.6. The maximum absolute atomic E-state index is 11.6. The Morgan fingerprint density at radius 2 is 2.06 bits per heavy atom. The van der Waals surface area contributed by atoms with Gasteiger partial charge in [0.2, 0.25) is 0 Å². The molecule has 2 rings (SSSR count). The topological polar surface area (TPSA) is 84.9 Å². The third-order valence-corrected chi connectivity index (χ3v) is 3.38. The van der Waals surface area contributed by atoms with E-state index >= 15 is 0 Å². The van der Waals surface area contributed by atoms with E-state index in [1.807, 2.05) is 0 Å². The average molecular weight is 257 g/mol. The predicted octanol–water partition coefficient (Wildman–Crippen LogP) is 1.14. The lowest BCUT2D eigenvalue weighted by Crippen LogP contribution is -2.46. The van der Waals surface area contributed by atoms with Gasteiger partial charge in [0.1, 0.15) is 5.60 Å². The molecule has 0 aromatic rings. The molecule has 2 bridgehead atoms. The van der Waals surface area contributed by atoms with Crippen molar-refractivity contribution in [2.75, 3.05) is 6.61 Å². The number of hydrogen-bond acceptors (Lipinski definition) is 4. The summed E-state index contributed by atoms with van der Waals surface area (Å²) >= 11 is 0. The van der Waals surface area contributed by atoms with E-state index in [1.165, 1.54) is 0 Å². The van der Waals surface area contributed by atoms with Gasteiger partial charge in [-0.2, -0.15) is 0 Å². The molecule has 6 heteroatoms. The van der Waals surface area contributed by atoms with Gasteiger partial charge in [-0.05, 0) is 33.6 Å². The zero-order chi connectivity index (χ0) is 13.6. The van der Waals surface area contributed by atoms with E-state index < -0.39 is 23.1 Å². The smallest absolute Gasteiger partial charge is 0.407 e. The van der Waals surface area contributed by atoms with Crippen LogP contribution in [0.1, 0.15) is 33.6 Å². The first kappa shape index (κ1) is 13.1. The standard InChI is InChI=1S/C12H19NO5/c1-11(2,3)18-10(16)13-7-4-12(9(14)15)5-8(7)17-6-12/h7-8H,4-6H2,1-3H3,(H,13,16)(H,14,15). The summed E-state index contributed by atoms with van der Waals surface area (Å²) < 4.78 is 10.6. The Bertz CT molecular complexity index is 375. The van der Waals surface area contributed by atoms with Crippen LogP contribution in [0.5, 0.6) is 0 Å². The highest BCUT2D eigenvalue weighted by molar-refractivity contribution is 5.76. The molecule has 102 valence electrons. The minimum atomic E-state index is -0.849. The number of rotatable bonds is 2. The molecule has 0 radical (unpaired) electrons. The van der Waals surface area contributed by atoms with Crippen LogP contribution in [0.4, 0.5) is 4.79 Å². The van der Waals surface area contributed by atoms with Gasteiger partial charge in [0.15, 0.2) is 0 Å². The summed E-state index contributed by atoms with van der Waals surface area (Å²) in [6.45, 7) is 5.58. The minimum absolute atomic E-state index is 0.214. The Labute approximate surface area is 106 Å². The SMILES string of the molecule is CC(C)(C)OC(=O)NC1CC2(C(=O)O)COC1C2. The number of carbonyl (C=O) groups excluding carboxylic acids is 1. The number of alkyl carbamates (subject to hydrolysis) is 1. The molecule has 0 spiro atoms. The van der Waals surface area contributed by atoms with Crippen molar-refractivity contribution < 1.29 is 24.2 Å². The number of nitrogens with one attached hydrogen (secondary N) is 1. The quantitative estimate of drug-likeness (QED) is 0.775. The van der Waals surface area contributed by atoms with Crippen molar-refractivity contribution in [2.24, 2.45) is 5.41 Å². The molecule has 1 amide bonds. The van der Waals surface area contributed by atoms with Crippen LogP contribution in [0.3, 0.4) is 0 Å². The Morgan fingerprint density at radius 1 is 1.39 bits per heavy atom. The molecule has 3 atom stereocenters. The molecule has 2 fully saturated rings. The monoisotopic (exact) mass is 257 g/mol. The van der Waals surface area contributed by atoms with Crippen LogP contribution >= 0.6 is 0 Å². The van der Waals surface area contributed by atoms with E-state index in [0.717, 1.165) is 0 Å². The molecule has 1 saturated heterocycles. The van der Waals surface area contributed by atoms with E-state index in [9.17, 15) is 14.7 Å². The van der Waals surface area contributed by atoms with Crippen molar-refractivity contribution in [3.8, 4) is 0 Å². The summed E-state index contributed by atoms with van der Waals surface area (Å²) in [5, 5.41) is 11.9. The summed E-state index contributed by atoms with van der Waals surface area (Å²) in [7, 11) is 0. The molecule has 6 nitrogen and oxygen atoms in total. The first-order valence-electron chi connectivity index (χ1n) is 6.06. The zero-order valence-electron chi connectivity index (χ0n) is 10.9. The van der Waals surface area contributed by atoms with Crippen LogP contribution < -0.4 is 5.32 Å². The summed E-state index contributed by atoms with van der Waals surface area (Å²) in [5.74, 6) is -0.849. The van der Waals surface area contributed by atoms with Gasteiger partial charge < -0.3 is 19.9 Å². The predicted molar refractivity (Wildman–Crippen MR) is 62.2 cm³/mol. The molecule has 1 aliphatic heterocycles. The Hall–Kier alpha value is -1.30. The van der Waals surface area contributed by atoms with Crippen molar-refractivity contribution >= 4 is 12.1 Å². The third-order valence-electron chi connectivity index (χ3n) is 3.38. The average Bonchev–Trinajstić information content (AvgIpc) is 2.72. The second-order valence-corrected chi connectivity index (χ2v) is 6.10. The van der Waals surface area contributed by atoms with E-state index in [4.69, 9.17) is 9.47 Å². The van der Waals surface area contributed by atoms with E-state index in [1.54, 1.807) is 20.8 Å². The van der Waals surface area contributed by atoms with E-state index in [-0.39, 0.29) is 18.8 Å². The summed E-state index contributed by atoms with van der Waals surface area (Å²) in [6.07, 6.45) is 0.132. The Kier molecular flexibility index (Phi) is 3.01. The van der Waals surface area contributed by atoms with Crippen molar-refractivity contribution in [3.63, 3.8) is 0 Å². The number of hydrogen-bond donors (Lipinski definition) is 2. The van der Waals surface area contributed by atoms with Crippen molar-refractivity contribution in [3.05, 3.63) is 0 Å². The summed E-state index contributed by atoms with van der Waals surface area (Å²) in [6, 6.07) is -0.273. The fraction of sp³-hybridized carbons (Fsp3) is 0.833. The van der Waals surface area contributed by atoms with Gasteiger partial charge in [-0.15, -0.1) is 0 Å². The third kappa shape index (κ3) is 2.43. The maximum Gasteiger partial charge on any atom is 0.407 e. The molecule has 1 heterocycles. The van der Waals surface area contributed by atoms with Crippen LogP contribution in [0, 0.1) is 5.41 Å². The lowest BCUT2D eigenvalue weighted by Gasteiger charge is -2.28. The zero-order valence-corrected chi connectivity index (χ0v) is 10.9. The minimum Gasteiger partial charge on any atom is -0.481 e. The Balaban J connectivity index is 1.94. The second-order valence-electron chi connectivity index (χ2n) is 6.10. The second kappa shape index (κ2) is 4.12. The van der Waals surface area contributed by atoms with Gasteiger partial charge in [-0.3, -0.25) is 4.79 Å². The lowest BCUT2D eigenvalue weighted by molar-refractivity contribution is -0.150. The largest absolute Gasteiger partial charge is 0.481 e. The van der Waals surface area contributed by atoms with Crippen LogP contribution in [-0.2, 0) is 14.3 Å². The summed E-state index contributed by atoms with van der Waals surface area (Å²) in [4.78, 5) is 22.8. The fourth-order valence-corrected chi connectivity index (χ4v) is 2.56. The van der Waals surface area contributed by atoms with Crippen LogP contribution in [0.25, 0.3) is 0 Å². The van der Waals surface area contributed by atoms with Crippen LogP contribution in [0.15, 0.2) is 0 Å². The van der Waals surface area contributed by atoms with Crippen molar-refractivity contribution in [2.45, 2.75) is 51.4 Å². The number of carboxylic acid groups (broad SMARTS) is 1. The number of ether oxygens (including phenoxy) is 2. The van der Waals surface area contributed by atoms with Gasteiger partial charge >= 0.3 is 12.1 Å². The first-order valence-corrected chi connectivity index (χ1v) is 6.06. The molecule has 2 aliphatic rings. The molecule has 18 heavy (non-hydrogen) atoms. The van der Waals surface area contributed by atoms with E-state index in [0.29, 0.717) is 12.8 Å². The number of aliphatic carboxylic acids is 1. The highest BCUT2D eigenvalue weighted by Gasteiger charge is 2.57. The maximum atomic E-state index is 11.6. The highest BCUT2D eigenvalue weighted by Crippen LogP contribution is 2.46. The van der Waals surface area contributed by atoms with Gasteiger partial charge in [-0.1, -0.05) is 0 Å². The van der Waals surface area contributed by atoms with Gasteiger partial charge in [0.25, 0.3) is 0 Å². The number of carbonyl (C=O) groups is 2. The molecule has 0 aromatic carbocycles. The molecule has 3 unspecified atom stereocenters. The molecular formula is C12H19NO5. The lowest BCUT2D eigenvalue weighted by atomic mass is 9.88. The Morgan fingerprint density at radius 3 is 2.56 bits per heavy atom. The number of carboxylic acids is 1. The molecule has 1 aliphatic carbocycles. The molecular weight excluding hydrogens is 238 g/mol. The van der Waals surface area contributed by atoms with Gasteiger partial charge in [-0.25, -0.2) is 4.79 Å². The first-order chi connectivity index (χ1) is 8.22. The number of amides is 1. The fourth-order valence-electron chi connectivity index (χ4n) is 2.56. The van der Waals surface area contributed by atoms with Crippen LogP contribution in [-0.4, -0.2) is 41.5 Å². The van der Waals surface area contributed by atoms with Crippen molar-refractivity contribution in [1.82, 2.24) is 5.32 Å². The summed E-state index contributed by atoms with van der Waals surface area (Å²) in [5.41, 5.74) is -1.39. The molecule has 1 saturated carbocycles. The van der Waals surface area contributed by atoms with Crippen LogP contribution in [0.2, 0.25) is 0 Å². The van der Waals surface area contributed by atoms with Gasteiger partial charge in [0.05, 0.1) is 24.2 Å².